The van der Waals surface area contributed by atoms with Gasteiger partial charge in [-0.1, -0.05) is 30.0 Å². The number of rotatable bonds is 5. The minimum Gasteiger partial charge on any atom is -0.496 e. The van der Waals surface area contributed by atoms with Crippen molar-refractivity contribution in [1.29, 1.82) is 0 Å². The average molecular weight is 343 g/mol. The molecule has 3 rings (SSSR count). The van der Waals surface area contributed by atoms with Crippen LogP contribution in [0.1, 0.15) is 17.0 Å². The molecular formula is C18H18FN3OS. The van der Waals surface area contributed by atoms with Crippen LogP contribution in [0, 0.1) is 19.7 Å². The lowest BCUT2D eigenvalue weighted by atomic mass is 10.2. The number of hydrogen-bond donors (Lipinski definition) is 0. The van der Waals surface area contributed by atoms with Crippen LogP contribution in [0.4, 0.5) is 4.39 Å². The summed E-state index contributed by atoms with van der Waals surface area (Å²) in [6, 6.07) is 12.6. The Bertz CT molecular complexity index is 863. The van der Waals surface area contributed by atoms with Crippen LogP contribution in [0.2, 0.25) is 0 Å². The molecule has 4 nitrogen and oxygen atoms in total. The number of methoxy groups -OCH3 is 1. The Morgan fingerprint density at radius 2 is 1.92 bits per heavy atom. The van der Waals surface area contributed by atoms with E-state index in [1.165, 1.54) is 23.9 Å². The molecule has 2 aromatic carbocycles. The van der Waals surface area contributed by atoms with E-state index in [9.17, 15) is 4.39 Å². The summed E-state index contributed by atoms with van der Waals surface area (Å²) in [4.78, 5) is 0. The van der Waals surface area contributed by atoms with E-state index < -0.39 is 0 Å². The van der Waals surface area contributed by atoms with Crippen LogP contribution in [-0.2, 0) is 5.75 Å². The number of thioether (sulfide) groups is 1. The summed E-state index contributed by atoms with van der Waals surface area (Å²) in [5.41, 5.74) is 2.98. The van der Waals surface area contributed by atoms with Crippen LogP contribution in [0.25, 0.3) is 5.69 Å². The quantitative estimate of drug-likeness (QED) is 0.647. The van der Waals surface area contributed by atoms with Crippen molar-refractivity contribution in [2.24, 2.45) is 0 Å². The summed E-state index contributed by atoms with van der Waals surface area (Å²) in [6.07, 6.45) is 0. The van der Waals surface area contributed by atoms with Crippen molar-refractivity contribution in [3.63, 3.8) is 0 Å². The summed E-state index contributed by atoms with van der Waals surface area (Å²) < 4.78 is 20.8. The van der Waals surface area contributed by atoms with Crippen molar-refractivity contribution in [1.82, 2.24) is 14.8 Å². The van der Waals surface area contributed by atoms with Crippen LogP contribution in [-0.4, -0.2) is 21.9 Å². The normalized spacial score (nSPS) is 10.8. The lowest BCUT2D eigenvalue weighted by molar-refractivity contribution is 0.410. The Morgan fingerprint density at radius 1 is 1.12 bits per heavy atom. The number of para-hydroxylation sites is 1. The predicted octanol–water partition coefficient (Wildman–Crippen LogP) is 4.32. The first-order chi connectivity index (χ1) is 11.6. The van der Waals surface area contributed by atoms with E-state index in [1.807, 2.05) is 29.7 Å². The van der Waals surface area contributed by atoms with Gasteiger partial charge in [0.25, 0.3) is 0 Å². The molecular weight excluding hydrogens is 325 g/mol. The fraction of sp³-hybridized carbons (Fsp3) is 0.222. The van der Waals surface area contributed by atoms with Crippen molar-refractivity contribution in [3.8, 4) is 11.4 Å². The standard InChI is InChI=1S/C18H18FN3OS/c1-12-6-4-5-7-16(12)22-13(2)20-21-18(22)24-11-14-10-15(19)8-9-17(14)23-3/h4-10H,11H2,1-3H3. The van der Waals surface area contributed by atoms with Gasteiger partial charge in [0.05, 0.1) is 12.8 Å². The first-order valence-corrected chi connectivity index (χ1v) is 8.52. The van der Waals surface area contributed by atoms with Crippen LogP contribution in [0.3, 0.4) is 0 Å². The zero-order valence-corrected chi connectivity index (χ0v) is 14.6. The third kappa shape index (κ3) is 3.28. The Labute approximate surface area is 144 Å². The van der Waals surface area contributed by atoms with Crippen molar-refractivity contribution in [3.05, 3.63) is 65.2 Å². The monoisotopic (exact) mass is 343 g/mol. The predicted molar refractivity (Wildman–Crippen MR) is 93.3 cm³/mol. The van der Waals surface area contributed by atoms with Gasteiger partial charge in [0.1, 0.15) is 17.4 Å². The molecule has 0 radical (unpaired) electrons. The average Bonchev–Trinajstić information content (AvgIpc) is 2.94. The van der Waals surface area contributed by atoms with E-state index >= 15 is 0 Å². The fourth-order valence-corrected chi connectivity index (χ4v) is 3.50. The molecule has 0 unspecified atom stereocenters. The molecule has 0 amide bonds. The SMILES string of the molecule is COc1ccc(F)cc1CSc1nnc(C)n1-c1ccccc1C. The number of nitrogens with zero attached hydrogens (tertiary/aromatic N) is 3. The molecule has 0 aliphatic heterocycles. The van der Waals surface area contributed by atoms with Gasteiger partial charge in [-0.15, -0.1) is 10.2 Å². The Kier molecular flexibility index (Phi) is 4.85. The zero-order chi connectivity index (χ0) is 17.1. The molecule has 1 aromatic heterocycles. The van der Waals surface area contributed by atoms with Gasteiger partial charge in [0, 0.05) is 11.3 Å². The lowest BCUT2D eigenvalue weighted by Crippen LogP contribution is -2.01. The molecule has 0 N–H and O–H groups in total. The van der Waals surface area contributed by atoms with Crippen molar-refractivity contribution < 1.29 is 9.13 Å². The van der Waals surface area contributed by atoms with E-state index in [-0.39, 0.29) is 5.82 Å². The first kappa shape index (κ1) is 16.5. The maximum absolute atomic E-state index is 13.5. The summed E-state index contributed by atoms with van der Waals surface area (Å²) in [5, 5.41) is 9.23. The molecule has 0 saturated heterocycles. The smallest absolute Gasteiger partial charge is 0.196 e. The van der Waals surface area contributed by atoms with E-state index in [1.54, 1.807) is 13.2 Å². The van der Waals surface area contributed by atoms with Crippen molar-refractivity contribution >= 4 is 11.8 Å². The van der Waals surface area contributed by atoms with Gasteiger partial charge in [-0.2, -0.15) is 0 Å². The van der Waals surface area contributed by atoms with Gasteiger partial charge in [-0.05, 0) is 43.7 Å². The van der Waals surface area contributed by atoms with Crippen LogP contribution >= 0.6 is 11.8 Å². The highest BCUT2D eigenvalue weighted by Gasteiger charge is 2.14. The first-order valence-electron chi connectivity index (χ1n) is 7.53. The molecule has 0 aliphatic carbocycles. The molecule has 0 saturated carbocycles. The van der Waals surface area contributed by atoms with Gasteiger partial charge >= 0.3 is 0 Å². The van der Waals surface area contributed by atoms with E-state index in [4.69, 9.17) is 4.74 Å². The Hall–Kier alpha value is -2.34. The number of aromatic nitrogens is 3. The maximum Gasteiger partial charge on any atom is 0.196 e. The van der Waals surface area contributed by atoms with Gasteiger partial charge in [0.15, 0.2) is 5.16 Å². The summed E-state index contributed by atoms with van der Waals surface area (Å²) in [6.45, 7) is 3.98. The van der Waals surface area contributed by atoms with E-state index in [2.05, 4.69) is 23.2 Å². The molecule has 124 valence electrons. The highest BCUT2D eigenvalue weighted by atomic mass is 32.2. The molecule has 0 aliphatic rings. The molecule has 3 aromatic rings. The number of aryl methyl sites for hydroxylation is 2. The highest BCUT2D eigenvalue weighted by Crippen LogP contribution is 2.30. The zero-order valence-electron chi connectivity index (χ0n) is 13.8. The Balaban J connectivity index is 1.90. The van der Waals surface area contributed by atoms with E-state index in [0.717, 1.165) is 27.8 Å². The molecule has 0 bridgehead atoms. The number of hydrogen-bond acceptors (Lipinski definition) is 4. The summed E-state index contributed by atoms with van der Waals surface area (Å²) in [5.74, 6) is 1.76. The molecule has 0 fully saturated rings. The topological polar surface area (TPSA) is 39.9 Å². The minimum absolute atomic E-state index is 0.275. The second kappa shape index (κ2) is 7.05. The van der Waals surface area contributed by atoms with Gasteiger partial charge < -0.3 is 4.74 Å². The molecule has 0 atom stereocenters. The van der Waals surface area contributed by atoms with Gasteiger partial charge in [-0.25, -0.2) is 4.39 Å². The van der Waals surface area contributed by atoms with Gasteiger partial charge in [0.2, 0.25) is 0 Å². The fourth-order valence-electron chi connectivity index (χ4n) is 2.53. The van der Waals surface area contributed by atoms with Crippen molar-refractivity contribution in [2.45, 2.75) is 24.8 Å². The van der Waals surface area contributed by atoms with Crippen LogP contribution in [0.5, 0.6) is 5.75 Å². The molecule has 0 spiro atoms. The van der Waals surface area contributed by atoms with Crippen LogP contribution < -0.4 is 4.74 Å². The molecule has 6 heteroatoms. The van der Waals surface area contributed by atoms with Gasteiger partial charge in [-0.3, -0.25) is 4.57 Å². The third-order valence-electron chi connectivity index (χ3n) is 3.75. The maximum atomic E-state index is 13.5. The summed E-state index contributed by atoms with van der Waals surface area (Å²) in [7, 11) is 1.58. The van der Waals surface area contributed by atoms with Crippen molar-refractivity contribution in [2.75, 3.05) is 7.11 Å². The second-order valence-electron chi connectivity index (χ2n) is 5.40. The second-order valence-corrected chi connectivity index (χ2v) is 6.34. The molecule has 24 heavy (non-hydrogen) atoms. The molecule has 1 heterocycles. The minimum atomic E-state index is -0.275. The van der Waals surface area contributed by atoms with E-state index in [0.29, 0.717) is 11.5 Å². The Morgan fingerprint density at radius 3 is 2.67 bits per heavy atom. The summed E-state index contributed by atoms with van der Waals surface area (Å²) >= 11 is 1.51. The number of ether oxygens (including phenoxy) is 1. The third-order valence-corrected chi connectivity index (χ3v) is 4.73. The number of benzene rings is 2. The number of halogens is 1. The largest absolute Gasteiger partial charge is 0.496 e. The van der Waals surface area contributed by atoms with Crippen LogP contribution in [0.15, 0.2) is 47.6 Å². The lowest BCUT2D eigenvalue weighted by Gasteiger charge is -2.12. The highest BCUT2D eigenvalue weighted by molar-refractivity contribution is 7.98.